The first-order valence-electron chi connectivity index (χ1n) is 6.23. The van der Waals surface area contributed by atoms with Crippen LogP contribution in [0.3, 0.4) is 0 Å². The van der Waals surface area contributed by atoms with E-state index in [1.807, 2.05) is 6.07 Å². The number of ether oxygens (including phenoxy) is 1. The van der Waals surface area contributed by atoms with Crippen molar-refractivity contribution in [2.45, 2.75) is 37.7 Å². The van der Waals surface area contributed by atoms with Crippen molar-refractivity contribution in [2.24, 2.45) is 5.92 Å². The third kappa shape index (κ3) is 2.35. The zero-order chi connectivity index (χ0) is 12.8. The van der Waals surface area contributed by atoms with Gasteiger partial charge in [0.15, 0.2) is 5.78 Å². The van der Waals surface area contributed by atoms with Crippen LogP contribution < -0.4 is 0 Å². The first-order chi connectivity index (χ1) is 8.60. The summed E-state index contributed by atoms with van der Waals surface area (Å²) in [4.78, 5) is 13.4. The van der Waals surface area contributed by atoms with E-state index in [0.29, 0.717) is 5.78 Å². The molecule has 1 spiro atoms. The van der Waals surface area contributed by atoms with Crippen LogP contribution in [0.1, 0.15) is 41.8 Å². The zero-order valence-electron chi connectivity index (χ0n) is 9.88. The molecule has 0 N–H and O–H groups in total. The van der Waals surface area contributed by atoms with Crippen LogP contribution in [0.2, 0.25) is 0 Å². The minimum atomic E-state index is 0.0459. The fourth-order valence-electron chi connectivity index (χ4n) is 2.84. The summed E-state index contributed by atoms with van der Waals surface area (Å²) in [7, 11) is 0. The molecule has 1 aromatic heterocycles. The SMILES string of the molecule is O=C(c1cc(Br)c(Br)s1)C1CCOC2(CCC2)C1. The van der Waals surface area contributed by atoms with Gasteiger partial charge in [-0.05, 0) is 70.0 Å². The van der Waals surface area contributed by atoms with Crippen LogP contribution in [-0.4, -0.2) is 18.0 Å². The Morgan fingerprint density at radius 3 is 2.78 bits per heavy atom. The smallest absolute Gasteiger partial charge is 0.176 e. The normalized spacial score (nSPS) is 26.0. The summed E-state index contributed by atoms with van der Waals surface area (Å²) in [6.45, 7) is 0.740. The molecule has 98 valence electrons. The van der Waals surface area contributed by atoms with Crippen LogP contribution in [0.25, 0.3) is 0 Å². The largest absolute Gasteiger partial charge is 0.375 e. The van der Waals surface area contributed by atoms with E-state index in [4.69, 9.17) is 4.74 Å². The molecule has 18 heavy (non-hydrogen) atoms. The third-order valence-electron chi connectivity index (χ3n) is 4.02. The van der Waals surface area contributed by atoms with Crippen LogP contribution >= 0.6 is 43.2 Å². The van der Waals surface area contributed by atoms with Gasteiger partial charge in [0.1, 0.15) is 0 Å². The second-order valence-corrected chi connectivity index (χ2v) is 8.40. The van der Waals surface area contributed by atoms with Crippen molar-refractivity contribution in [1.82, 2.24) is 0 Å². The highest BCUT2D eigenvalue weighted by molar-refractivity contribution is 9.13. The van der Waals surface area contributed by atoms with Crippen LogP contribution in [-0.2, 0) is 4.74 Å². The summed E-state index contributed by atoms with van der Waals surface area (Å²) < 4.78 is 7.85. The first-order valence-corrected chi connectivity index (χ1v) is 8.63. The van der Waals surface area contributed by atoms with E-state index in [-0.39, 0.29) is 11.5 Å². The van der Waals surface area contributed by atoms with Crippen molar-refractivity contribution in [1.29, 1.82) is 0 Å². The highest BCUT2D eigenvalue weighted by atomic mass is 79.9. The molecule has 0 amide bonds. The molecule has 2 heterocycles. The highest BCUT2D eigenvalue weighted by Gasteiger charge is 2.44. The first kappa shape index (κ1) is 13.3. The Labute approximate surface area is 127 Å². The van der Waals surface area contributed by atoms with Crippen molar-refractivity contribution < 1.29 is 9.53 Å². The number of rotatable bonds is 2. The fraction of sp³-hybridized carbons (Fsp3) is 0.615. The van der Waals surface area contributed by atoms with Gasteiger partial charge in [-0.1, -0.05) is 0 Å². The highest BCUT2D eigenvalue weighted by Crippen LogP contribution is 2.45. The van der Waals surface area contributed by atoms with Gasteiger partial charge in [0.05, 0.1) is 14.3 Å². The summed E-state index contributed by atoms with van der Waals surface area (Å²) in [6, 6.07) is 1.93. The summed E-state index contributed by atoms with van der Waals surface area (Å²) in [5, 5.41) is 0. The van der Waals surface area contributed by atoms with Crippen molar-refractivity contribution in [3.05, 3.63) is 19.2 Å². The van der Waals surface area contributed by atoms with Gasteiger partial charge in [0.25, 0.3) is 0 Å². The molecule has 3 rings (SSSR count). The minimum absolute atomic E-state index is 0.0459. The standard InChI is InChI=1S/C13H14Br2O2S/c14-9-6-10(18-12(9)15)11(16)8-2-5-17-13(7-8)3-1-4-13/h6,8H,1-5,7H2. The lowest BCUT2D eigenvalue weighted by atomic mass is 9.71. The number of ketones is 1. The van der Waals surface area contributed by atoms with Gasteiger partial charge >= 0.3 is 0 Å². The van der Waals surface area contributed by atoms with Gasteiger partial charge in [0, 0.05) is 17.0 Å². The zero-order valence-corrected chi connectivity index (χ0v) is 13.9. The summed E-state index contributed by atoms with van der Waals surface area (Å²) in [6.07, 6.45) is 5.30. The fourth-order valence-corrected chi connectivity index (χ4v) is 4.89. The molecular formula is C13H14Br2O2S. The van der Waals surface area contributed by atoms with Crippen LogP contribution in [0.4, 0.5) is 0 Å². The Hall–Kier alpha value is 0.290. The van der Waals surface area contributed by atoms with Gasteiger partial charge in [-0.3, -0.25) is 4.79 Å². The van der Waals surface area contributed by atoms with Crippen LogP contribution in [0.5, 0.6) is 0 Å². The number of Topliss-reactive ketones (excluding diaryl/α,β-unsaturated/α-hetero) is 1. The summed E-state index contributed by atoms with van der Waals surface area (Å²) >= 11 is 8.41. The summed E-state index contributed by atoms with van der Waals surface area (Å²) in [5.41, 5.74) is 0.0459. The number of carbonyl (C=O) groups is 1. The molecule has 0 radical (unpaired) electrons. The van der Waals surface area contributed by atoms with E-state index >= 15 is 0 Å². The molecule has 0 bridgehead atoms. The molecule has 1 saturated carbocycles. The molecule has 2 nitrogen and oxygen atoms in total. The number of carbonyl (C=O) groups excluding carboxylic acids is 1. The van der Waals surface area contributed by atoms with Crippen LogP contribution in [0.15, 0.2) is 14.3 Å². The molecule has 1 aromatic rings. The molecule has 1 unspecified atom stereocenters. The minimum Gasteiger partial charge on any atom is -0.375 e. The van der Waals surface area contributed by atoms with E-state index in [1.54, 1.807) is 0 Å². The van der Waals surface area contributed by atoms with Crippen molar-refractivity contribution in [3.63, 3.8) is 0 Å². The monoisotopic (exact) mass is 392 g/mol. The Morgan fingerprint density at radius 1 is 1.44 bits per heavy atom. The van der Waals surface area contributed by atoms with E-state index in [0.717, 1.165) is 45.4 Å². The van der Waals surface area contributed by atoms with Gasteiger partial charge < -0.3 is 4.74 Å². The Kier molecular flexibility index (Phi) is 3.69. The lowest BCUT2D eigenvalue weighted by Crippen LogP contribution is -2.46. The average Bonchev–Trinajstić information content (AvgIpc) is 2.67. The van der Waals surface area contributed by atoms with Gasteiger partial charge in [0.2, 0.25) is 0 Å². The van der Waals surface area contributed by atoms with Crippen molar-refractivity contribution in [3.8, 4) is 0 Å². The molecule has 2 fully saturated rings. The second kappa shape index (κ2) is 5.00. The Bertz CT molecular complexity index is 460. The van der Waals surface area contributed by atoms with Crippen LogP contribution in [0, 0.1) is 5.92 Å². The van der Waals surface area contributed by atoms with Crippen molar-refractivity contribution in [2.75, 3.05) is 6.61 Å². The lowest BCUT2D eigenvalue weighted by Gasteiger charge is -2.46. The molecule has 1 atom stereocenters. The molecule has 2 aliphatic rings. The third-order valence-corrected chi connectivity index (χ3v) is 7.29. The van der Waals surface area contributed by atoms with E-state index < -0.39 is 0 Å². The van der Waals surface area contributed by atoms with Gasteiger partial charge in [-0.25, -0.2) is 0 Å². The van der Waals surface area contributed by atoms with E-state index in [9.17, 15) is 4.79 Å². The predicted octanol–water partition coefficient (Wildman–Crippen LogP) is 4.81. The molecule has 5 heteroatoms. The van der Waals surface area contributed by atoms with Gasteiger partial charge in [-0.15, -0.1) is 11.3 Å². The van der Waals surface area contributed by atoms with E-state index in [1.165, 1.54) is 17.8 Å². The Balaban J connectivity index is 1.75. The van der Waals surface area contributed by atoms with Crippen molar-refractivity contribution >= 4 is 49.0 Å². The number of halogens is 2. The molecular weight excluding hydrogens is 380 g/mol. The topological polar surface area (TPSA) is 26.3 Å². The maximum absolute atomic E-state index is 12.5. The number of hydrogen-bond acceptors (Lipinski definition) is 3. The molecule has 1 aliphatic heterocycles. The number of thiophene rings is 1. The predicted molar refractivity (Wildman–Crippen MR) is 79.3 cm³/mol. The summed E-state index contributed by atoms with van der Waals surface area (Å²) in [5.74, 6) is 0.442. The second-order valence-electron chi connectivity index (χ2n) is 5.17. The maximum Gasteiger partial charge on any atom is 0.176 e. The Morgan fingerprint density at radius 2 is 2.22 bits per heavy atom. The molecule has 1 aliphatic carbocycles. The molecule has 0 aromatic carbocycles. The number of hydrogen-bond donors (Lipinski definition) is 0. The lowest BCUT2D eigenvalue weighted by molar-refractivity contribution is -0.137. The molecule has 1 saturated heterocycles. The van der Waals surface area contributed by atoms with E-state index in [2.05, 4.69) is 31.9 Å². The maximum atomic E-state index is 12.5. The van der Waals surface area contributed by atoms with Gasteiger partial charge in [-0.2, -0.15) is 0 Å². The quantitative estimate of drug-likeness (QED) is 0.674. The average molecular weight is 394 g/mol.